The van der Waals surface area contributed by atoms with Crippen LogP contribution in [0.2, 0.25) is 5.02 Å². The SMILES string of the molecule is O=C(O)c1cncc(C2=C(c3cc(Cl)ccc3OCc3ccc(F)c(F)c3F)CCCC2)c1. The highest BCUT2D eigenvalue weighted by Gasteiger charge is 2.21. The van der Waals surface area contributed by atoms with Crippen molar-refractivity contribution in [1.29, 1.82) is 0 Å². The van der Waals surface area contributed by atoms with Gasteiger partial charge in [0.1, 0.15) is 12.4 Å². The molecule has 1 heterocycles. The van der Waals surface area contributed by atoms with Crippen molar-refractivity contribution in [3.63, 3.8) is 0 Å². The number of aromatic nitrogens is 1. The molecule has 0 saturated heterocycles. The maximum Gasteiger partial charge on any atom is 0.337 e. The zero-order valence-electron chi connectivity index (χ0n) is 17.4. The number of hydrogen-bond donors (Lipinski definition) is 1. The Morgan fingerprint density at radius 2 is 1.76 bits per heavy atom. The average molecular weight is 474 g/mol. The van der Waals surface area contributed by atoms with E-state index in [4.69, 9.17) is 16.3 Å². The normalized spacial score (nSPS) is 13.8. The van der Waals surface area contributed by atoms with Crippen LogP contribution in [-0.2, 0) is 6.61 Å². The zero-order valence-corrected chi connectivity index (χ0v) is 18.1. The van der Waals surface area contributed by atoms with E-state index in [2.05, 4.69) is 4.98 Å². The second-order valence-corrected chi connectivity index (χ2v) is 8.13. The van der Waals surface area contributed by atoms with Crippen LogP contribution in [-0.4, -0.2) is 16.1 Å². The molecular weight excluding hydrogens is 455 g/mol. The van der Waals surface area contributed by atoms with E-state index >= 15 is 0 Å². The van der Waals surface area contributed by atoms with Crippen LogP contribution < -0.4 is 4.74 Å². The number of carboxylic acid groups (broad SMARTS) is 1. The lowest BCUT2D eigenvalue weighted by atomic mass is 9.84. The van der Waals surface area contributed by atoms with E-state index < -0.39 is 23.4 Å². The van der Waals surface area contributed by atoms with Crippen molar-refractivity contribution in [3.05, 3.63) is 93.5 Å². The summed E-state index contributed by atoms with van der Waals surface area (Å²) in [7, 11) is 0. The minimum Gasteiger partial charge on any atom is -0.488 e. The number of carbonyl (C=O) groups is 1. The third-order valence-corrected chi connectivity index (χ3v) is 5.80. The van der Waals surface area contributed by atoms with Crippen LogP contribution in [0, 0.1) is 17.5 Å². The number of halogens is 4. The van der Waals surface area contributed by atoms with Crippen LogP contribution in [0.4, 0.5) is 13.2 Å². The summed E-state index contributed by atoms with van der Waals surface area (Å²) in [5.74, 6) is -4.77. The van der Waals surface area contributed by atoms with E-state index in [0.29, 0.717) is 34.7 Å². The molecule has 8 heteroatoms. The summed E-state index contributed by atoms with van der Waals surface area (Å²) in [4.78, 5) is 15.5. The standard InChI is InChI=1S/C25H19ClF3NO3/c26-17-6-8-22(33-13-14-5-7-21(27)24(29)23(14)28)20(10-17)19-4-2-1-3-18(19)15-9-16(25(31)32)12-30-11-15/h5-12H,1-4,13H2,(H,31,32). The van der Waals surface area contributed by atoms with Gasteiger partial charge in [-0.25, -0.2) is 18.0 Å². The van der Waals surface area contributed by atoms with Crippen molar-refractivity contribution in [1.82, 2.24) is 4.98 Å². The summed E-state index contributed by atoms with van der Waals surface area (Å²) in [6, 6.07) is 8.56. The molecule has 4 nitrogen and oxygen atoms in total. The fourth-order valence-electron chi connectivity index (χ4n) is 3.94. The van der Waals surface area contributed by atoms with Gasteiger partial charge in [-0.3, -0.25) is 4.98 Å². The fraction of sp³-hybridized carbons (Fsp3) is 0.200. The van der Waals surface area contributed by atoms with Crippen LogP contribution in [0.3, 0.4) is 0 Å². The maximum absolute atomic E-state index is 14.1. The highest BCUT2D eigenvalue weighted by molar-refractivity contribution is 6.30. The molecule has 0 spiro atoms. The lowest BCUT2D eigenvalue weighted by Gasteiger charge is -2.23. The summed E-state index contributed by atoms with van der Waals surface area (Å²) >= 11 is 6.26. The number of nitrogens with zero attached hydrogens (tertiary/aromatic N) is 1. The Morgan fingerprint density at radius 1 is 1.00 bits per heavy atom. The predicted molar refractivity (Wildman–Crippen MR) is 119 cm³/mol. The Balaban J connectivity index is 1.74. The number of hydrogen-bond acceptors (Lipinski definition) is 3. The molecule has 0 aliphatic heterocycles. The van der Waals surface area contributed by atoms with Gasteiger partial charge < -0.3 is 9.84 Å². The predicted octanol–water partition coefficient (Wildman–Crippen LogP) is 6.91. The number of ether oxygens (including phenoxy) is 1. The molecule has 0 radical (unpaired) electrons. The summed E-state index contributed by atoms with van der Waals surface area (Å²) in [6.07, 6.45) is 6.16. The Morgan fingerprint density at radius 3 is 2.52 bits per heavy atom. The van der Waals surface area contributed by atoms with Crippen molar-refractivity contribution >= 4 is 28.7 Å². The van der Waals surface area contributed by atoms with Crippen molar-refractivity contribution in [2.24, 2.45) is 0 Å². The Labute approximate surface area is 193 Å². The number of aromatic carboxylic acids is 1. The average Bonchev–Trinajstić information content (AvgIpc) is 2.83. The maximum atomic E-state index is 14.1. The van der Waals surface area contributed by atoms with Crippen LogP contribution in [0.1, 0.15) is 52.7 Å². The van der Waals surface area contributed by atoms with Crippen LogP contribution in [0.25, 0.3) is 11.1 Å². The summed E-state index contributed by atoms with van der Waals surface area (Å²) < 4.78 is 46.7. The lowest BCUT2D eigenvalue weighted by Crippen LogP contribution is -2.06. The van der Waals surface area contributed by atoms with E-state index in [1.165, 1.54) is 6.20 Å². The molecule has 0 saturated carbocycles. The van der Waals surface area contributed by atoms with Crippen LogP contribution in [0.5, 0.6) is 5.75 Å². The molecule has 1 aliphatic carbocycles. The molecule has 1 aromatic heterocycles. The summed E-state index contributed by atoms with van der Waals surface area (Å²) in [5.41, 5.74) is 3.20. The Hall–Kier alpha value is -3.32. The molecule has 0 atom stereocenters. The molecular formula is C25H19ClF3NO3. The van der Waals surface area contributed by atoms with Crippen LogP contribution in [0.15, 0.2) is 48.8 Å². The molecule has 0 fully saturated rings. The van der Waals surface area contributed by atoms with Gasteiger partial charge in [0.25, 0.3) is 0 Å². The van der Waals surface area contributed by atoms with Gasteiger partial charge in [-0.2, -0.15) is 0 Å². The molecule has 0 bridgehead atoms. The van der Waals surface area contributed by atoms with Gasteiger partial charge in [-0.05, 0) is 78.8 Å². The first kappa shape index (κ1) is 22.9. The van der Waals surface area contributed by atoms with E-state index in [1.807, 2.05) is 0 Å². The molecule has 4 rings (SSSR count). The molecule has 3 aromatic rings. The second-order valence-electron chi connectivity index (χ2n) is 7.70. The summed E-state index contributed by atoms with van der Waals surface area (Å²) in [5, 5.41) is 9.80. The number of carboxylic acids is 1. The smallest absolute Gasteiger partial charge is 0.337 e. The monoisotopic (exact) mass is 473 g/mol. The fourth-order valence-corrected chi connectivity index (χ4v) is 4.11. The van der Waals surface area contributed by atoms with Gasteiger partial charge in [0.2, 0.25) is 0 Å². The molecule has 170 valence electrons. The molecule has 1 aliphatic rings. The minimum absolute atomic E-state index is 0.0845. The minimum atomic E-state index is -1.55. The van der Waals surface area contributed by atoms with Gasteiger partial charge in [-0.15, -0.1) is 0 Å². The summed E-state index contributed by atoms with van der Waals surface area (Å²) in [6.45, 7) is -0.309. The van der Waals surface area contributed by atoms with Gasteiger partial charge in [0.05, 0.1) is 5.56 Å². The van der Waals surface area contributed by atoms with E-state index in [1.54, 1.807) is 30.5 Å². The van der Waals surface area contributed by atoms with Crippen molar-refractivity contribution in [2.45, 2.75) is 32.3 Å². The molecule has 2 aromatic carbocycles. The van der Waals surface area contributed by atoms with E-state index in [-0.39, 0.29) is 17.7 Å². The highest BCUT2D eigenvalue weighted by Crippen LogP contribution is 2.42. The quantitative estimate of drug-likeness (QED) is 0.395. The van der Waals surface area contributed by atoms with Crippen molar-refractivity contribution in [3.8, 4) is 5.75 Å². The second kappa shape index (κ2) is 9.67. The number of pyridine rings is 1. The van der Waals surface area contributed by atoms with E-state index in [9.17, 15) is 23.1 Å². The third-order valence-electron chi connectivity index (χ3n) is 5.57. The van der Waals surface area contributed by atoms with Crippen molar-refractivity contribution < 1.29 is 27.8 Å². The highest BCUT2D eigenvalue weighted by atomic mass is 35.5. The first-order chi connectivity index (χ1) is 15.8. The van der Waals surface area contributed by atoms with Crippen LogP contribution >= 0.6 is 11.6 Å². The third kappa shape index (κ3) is 4.88. The Kier molecular flexibility index (Phi) is 6.70. The number of rotatable bonds is 6. The van der Waals surface area contributed by atoms with Gasteiger partial charge in [0.15, 0.2) is 17.5 Å². The lowest BCUT2D eigenvalue weighted by molar-refractivity contribution is 0.0696. The molecule has 1 N–H and O–H groups in total. The topological polar surface area (TPSA) is 59.4 Å². The molecule has 0 amide bonds. The molecule has 33 heavy (non-hydrogen) atoms. The van der Waals surface area contributed by atoms with Crippen molar-refractivity contribution in [2.75, 3.05) is 0 Å². The van der Waals surface area contributed by atoms with Gasteiger partial charge in [-0.1, -0.05) is 11.6 Å². The molecule has 0 unspecified atom stereocenters. The van der Waals surface area contributed by atoms with Gasteiger partial charge >= 0.3 is 5.97 Å². The number of allylic oxidation sites excluding steroid dienone is 2. The Bertz CT molecular complexity index is 1260. The largest absolute Gasteiger partial charge is 0.488 e. The zero-order chi connectivity index (χ0) is 23.5. The first-order valence-electron chi connectivity index (χ1n) is 10.3. The van der Waals surface area contributed by atoms with Gasteiger partial charge in [0, 0.05) is 28.5 Å². The number of benzene rings is 2. The first-order valence-corrected chi connectivity index (χ1v) is 10.7. The van der Waals surface area contributed by atoms with E-state index in [0.717, 1.165) is 36.1 Å².